The van der Waals surface area contributed by atoms with Gasteiger partial charge in [-0.25, -0.2) is 0 Å². The molecule has 1 aliphatic heterocycles. The lowest BCUT2D eigenvalue weighted by Crippen LogP contribution is -2.56. The van der Waals surface area contributed by atoms with Crippen molar-refractivity contribution >= 4 is 5.69 Å². The third-order valence-corrected chi connectivity index (χ3v) is 4.32. The Labute approximate surface area is 105 Å². The van der Waals surface area contributed by atoms with E-state index in [0.717, 1.165) is 19.4 Å². The largest absolute Gasteiger partial charge is 0.366 e. The minimum absolute atomic E-state index is 0.263. The molecule has 2 N–H and O–H groups in total. The van der Waals surface area contributed by atoms with Gasteiger partial charge in [0, 0.05) is 23.8 Å². The lowest BCUT2D eigenvalue weighted by Gasteiger charge is -2.50. The number of nitrogens with two attached hydrogens (primary N) is 1. The molecule has 0 bridgehead atoms. The summed E-state index contributed by atoms with van der Waals surface area (Å²) < 4.78 is 0. The molecular weight excluding hydrogens is 208 g/mol. The predicted octanol–water partition coefficient (Wildman–Crippen LogP) is 3.17. The van der Waals surface area contributed by atoms with Crippen LogP contribution in [0.4, 0.5) is 5.69 Å². The van der Waals surface area contributed by atoms with Crippen molar-refractivity contribution in [3.8, 4) is 0 Å². The molecule has 2 nitrogen and oxygen atoms in total. The van der Waals surface area contributed by atoms with E-state index in [9.17, 15) is 0 Å². The first-order valence-electron chi connectivity index (χ1n) is 6.80. The maximum absolute atomic E-state index is 6.18. The van der Waals surface area contributed by atoms with Gasteiger partial charge in [-0.15, -0.1) is 0 Å². The van der Waals surface area contributed by atoms with Gasteiger partial charge >= 0.3 is 0 Å². The van der Waals surface area contributed by atoms with Crippen molar-refractivity contribution < 1.29 is 0 Å². The highest BCUT2D eigenvalue weighted by molar-refractivity contribution is 5.49. The average Bonchev–Trinajstić information content (AvgIpc) is 2.39. The van der Waals surface area contributed by atoms with E-state index in [-0.39, 0.29) is 5.54 Å². The predicted molar refractivity (Wildman–Crippen MR) is 74.3 cm³/mol. The van der Waals surface area contributed by atoms with E-state index in [1.165, 1.54) is 18.5 Å². The van der Waals surface area contributed by atoms with E-state index in [2.05, 4.69) is 49.1 Å². The molecule has 1 aromatic rings. The van der Waals surface area contributed by atoms with Crippen LogP contribution in [0.1, 0.15) is 39.5 Å². The van der Waals surface area contributed by atoms with Gasteiger partial charge in [0.05, 0.1) is 0 Å². The Balaban J connectivity index is 2.31. The van der Waals surface area contributed by atoms with Crippen LogP contribution in [-0.4, -0.2) is 18.1 Å². The molecule has 1 atom stereocenters. The molecule has 0 aromatic heterocycles. The Morgan fingerprint density at radius 2 is 1.88 bits per heavy atom. The van der Waals surface area contributed by atoms with Crippen molar-refractivity contribution in [2.75, 3.05) is 11.4 Å². The molecule has 1 aromatic carbocycles. The summed E-state index contributed by atoms with van der Waals surface area (Å²) in [5.74, 6) is 0. The average molecular weight is 232 g/mol. The second kappa shape index (κ2) is 5.09. The topological polar surface area (TPSA) is 29.3 Å². The summed E-state index contributed by atoms with van der Waals surface area (Å²) in [7, 11) is 0. The number of benzene rings is 1. The highest BCUT2D eigenvalue weighted by Crippen LogP contribution is 2.37. The number of piperidine rings is 1. The van der Waals surface area contributed by atoms with Crippen LogP contribution in [-0.2, 0) is 0 Å². The molecule has 1 unspecified atom stereocenters. The maximum Gasteiger partial charge on any atom is 0.0411 e. The summed E-state index contributed by atoms with van der Waals surface area (Å²) in [6.07, 6.45) is 4.57. The van der Waals surface area contributed by atoms with E-state index in [1.54, 1.807) is 0 Å². The van der Waals surface area contributed by atoms with Gasteiger partial charge < -0.3 is 10.6 Å². The number of anilines is 1. The van der Waals surface area contributed by atoms with Gasteiger partial charge in [-0.2, -0.15) is 0 Å². The number of hydrogen-bond donors (Lipinski definition) is 1. The molecular formula is C15H24N2. The molecule has 0 radical (unpaired) electrons. The van der Waals surface area contributed by atoms with Crippen LogP contribution in [0.25, 0.3) is 0 Å². The van der Waals surface area contributed by atoms with Crippen molar-refractivity contribution in [3.63, 3.8) is 0 Å². The number of hydrogen-bond acceptors (Lipinski definition) is 2. The van der Waals surface area contributed by atoms with Gasteiger partial charge in [-0.05, 0) is 37.8 Å². The summed E-state index contributed by atoms with van der Waals surface area (Å²) in [5.41, 5.74) is 7.79. The van der Waals surface area contributed by atoms with Crippen LogP contribution in [0.2, 0.25) is 0 Å². The molecule has 17 heavy (non-hydrogen) atoms. The van der Waals surface area contributed by atoms with Gasteiger partial charge in [-0.1, -0.05) is 32.0 Å². The Bertz CT molecular complexity index is 343. The third-order valence-electron chi connectivity index (χ3n) is 4.32. The van der Waals surface area contributed by atoms with Crippen molar-refractivity contribution in [1.29, 1.82) is 0 Å². The quantitative estimate of drug-likeness (QED) is 0.867. The van der Waals surface area contributed by atoms with Crippen molar-refractivity contribution in [1.82, 2.24) is 0 Å². The Kier molecular flexibility index (Phi) is 3.72. The third kappa shape index (κ3) is 2.32. The molecule has 1 fully saturated rings. The molecule has 2 heteroatoms. The molecule has 0 spiro atoms. The van der Waals surface area contributed by atoms with Crippen molar-refractivity contribution in [3.05, 3.63) is 30.3 Å². The summed E-state index contributed by atoms with van der Waals surface area (Å²) in [6, 6.07) is 11.1. The SMILES string of the molecule is CCC1(CC)CC(N)CCN1c1ccccc1. The van der Waals surface area contributed by atoms with Gasteiger partial charge in [0.25, 0.3) is 0 Å². The minimum atomic E-state index is 0.263. The second-order valence-electron chi connectivity index (χ2n) is 5.17. The molecule has 1 heterocycles. The zero-order valence-electron chi connectivity index (χ0n) is 11.0. The standard InChI is InChI=1S/C15H24N2/c1-3-15(4-2)12-13(16)10-11-17(15)14-8-6-5-7-9-14/h5-9,13H,3-4,10-12,16H2,1-2H3. The molecule has 1 saturated heterocycles. The first kappa shape index (κ1) is 12.4. The van der Waals surface area contributed by atoms with Gasteiger partial charge in [0.1, 0.15) is 0 Å². The molecule has 0 amide bonds. The number of para-hydroxylation sites is 1. The Morgan fingerprint density at radius 1 is 1.24 bits per heavy atom. The first-order chi connectivity index (χ1) is 8.22. The molecule has 1 aliphatic rings. The van der Waals surface area contributed by atoms with Crippen LogP contribution >= 0.6 is 0 Å². The Morgan fingerprint density at radius 3 is 2.47 bits per heavy atom. The zero-order valence-corrected chi connectivity index (χ0v) is 11.0. The molecule has 0 saturated carbocycles. The lowest BCUT2D eigenvalue weighted by atomic mass is 9.79. The summed E-state index contributed by atoms with van der Waals surface area (Å²) in [6.45, 7) is 5.67. The molecule has 2 rings (SSSR count). The number of nitrogens with zero attached hydrogens (tertiary/aromatic N) is 1. The summed E-state index contributed by atoms with van der Waals surface area (Å²) in [4.78, 5) is 2.58. The summed E-state index contributed by atoms with van der Waals surface area (Å²) >= 11 is 0. The van der Waals surface area contributed by atoms with E-state index in [4.69, 9.17) is 5.73 Å². The minimum Gasteiger partial charge on any atom is -0.366 e. The monoisotopic (exact) mass is 232 g/mol. The van der Waals surface area contributed by atoms with E-state index in [0.29, 0.717) is 6.04 Å². The highest BCUT2D eigenvalue weighted by atomic mass is 15.2. The van der Waals surface area contributed by atoms with Crippen LogP contribution in [0.3, 0.4) is 0 Å². The fraction of sp³-hybridized carbons (Fsp3) is 0.600. The second-order valence-corrected chi connectivity index (χ2v) is 5.17. The molecule has 94 valence electrons. The summed E-state index contributed by atoms with van der Waals surface area (Å²) in [5, 5.41) is 0. The van der Waals surface area contributed by atoms with Crippen molar-refractivity contribution in [2.24, 2.45) is 5.73 Å². The normalized spacial score (nSPS) is 23.7. The van der Waals surface area contributed by atoms with Gasteiger partial charge in [-0.3, -0.25) is 0 Å². The first-order valence-corrected chi connectivity index (χ1v) is 6.80. The maximum atomic E-state index is 6.18. The van der Waals surface area contributed by atoms with Crippen LogP contribution in [0.15, 0.2) is 30.3 Å². The van der Waals surface area contributed by atoms with Crippen molar-refractivity contribution in [2.45, 2.75) is 51.1 Å². The van der Waals surface area contributed by atoms with E-state index in [1.807, 2.05) is 0 Å². The van der Waals surface area contributed by atoms with E-state index < -0.39 is 0 Å². The smallest absolute Gasteiger partial charge is 0.0411 e. The fourth-order valence-corrected chi connectivity index (χ4v) is 3.16. The van der Waals surface area contributed by atoms with E-state index >= 15 is 0 Å². The van der Waals surface area contributed by atoms with Gasteiger partial charge in [0.2, 0.25) is 0 Å². The highest BCUT2D eigenvalue weighted by Gasteiger charge is 2.38. The lowest BCUT2D eigenvalue weighted by molar-refractivity contribution is 0.264. The fourth-order valence-electron chi connectivity index (χ4n) is 3.16. The zero-order chi connectivity index (χ0) is 12.3. The van der Waals surface area contributed by atoms with Gasteiger partial charge in [0.15, 0.2) is 0 Å². The van der Waals surface area contributed by atoms with Crippen LogP contribution < -0.4 is 10.6 Å². The van der Waals surface area contributed by atoms with Crippen LogP contribution in [0.5, 0.6) is 0 Å². The van der Waals surface area contributed by atoms with Crippen LogP contribution in [0, 0.1) is 0 Å². The molecule has 0 aliphatic carbocycles. The Hall–Kier alpha value is -1.02. The number of rotatable bonds is 3.